The smallest absolute Gasteiger partial charge is 0.253 e. The Morgan fingerprint density at radius 2 is 1.91 bits per heavy atom. The number of hydrogen-bond acceptors (Lipinski definition) is 4. The second kappa shape index (κ2) is 8.57. The number of aliphatic hydroxyl groups excluding tert-OH is 1. The van der Waals surface area contributed by atoms with Gasteiger partial charge >= 0.3 is 0 Å². The van der Waals surface area contributed by atoms with Crippen LogP contribution in [0.4, 0.5) is 5.82 Å². The molecule has 1 aromatic heterocycles. The van der Waals surface area contributed by atoms with E-state index in [0.717, 1.165) is 18.5 Å². The Kier molecular flexibility index (Phi) is 6.16. The third kappa shape index (κ3) is 5.13. The van der Waals surface area contributed by atoms with E-state index in [4.69, 9.17) is 11.5 Å². The summed E-state index contributed by atoms with van der Waals surface area (Å²) in [5.41, 5.74) is 2.56. The van der Waals surface area contributed by atoms with Crippen LogP contribution in [0, 0.1) is 12.3 Å². The van der Waals surface area contributed by atoms with Crippen LogP contribution in [-0.2, 0) is 13.0 Å². The molecule has 0 unspecified atom stereocenters. The summed E-state index contributed by atoms with van der Waals surface area (Å²) >= 11 is 0. The van der Waals surface area contributed by atoms with Crippen molar-refractivity contribution in [1.82, 2.24) is 10.3 Å². The van der Waals surface area contributed by atoms with Crippen molar-refractivity contribution in [3.63, 3.8) is 0 Å². The molecule has 0 aliphatic rings. The largest absolute Gasteiger partial charge is 0.392 e. The van der Waals surface area contributed by atoms with Crippen molar-refractivity contribution < 1.29 is 9.90 Å². The maximum absolute atomic E-state index is 11.7. The summed E-state index contributed by atoms with van der Waals surface area (Å²) in [6.45, 7) is 0.992. The zero-order chi connectivity index (χ0) is 16.5. The predicted molar refractivity (Wildman–Crippen MR) is 90.0 cm³/mol. The Hall–Kier alpha value is -2.84. The monoisotopic (exact) mass is 309 g/mol. The van der Waals surface area contributed by atoms with Gasteiger partial charge in [-0.15, -0.1) is 6.42 Å². The van der Waals surface area contributed by atoms with E-state index >= 15 is 0 Å². The molecule has 1 heterocycles. The van der Waals surface area contributed by atoms with Gasteiger partial charge in [0.15, 0.2) is 0 Å². The van der Waals surface area contributed by atoms with E-state index in [0.29, 0.717) is 11.4 Å². The summed E-state index contributed by atoms with van der Waals surface area (Å²) in [5.74, 6) is 2.83. The molecule has 2 aromatic rings. The number of hydrogen-bond donors (Lipinski definition) is 3. The first-order valence-corrected chi connectivity index (χ1v) is 7.33. The quantitative estimate of drug-likeness (QED) is 0.679. The molecule has 2 rings (SSSR count). The summed E-state index contributed by atoms with van der Waals surface area (Å²) in [7, 11) is 0. The first-order valence-electron chi connectivity index (χ1n) is 7.33. The van der Waals surface area contributed by atoms with Crippen LogP contribution in [-0.4, -0.2) is 29.1 Å². The van der Waals surface area contributed by atoms with E-state index in [-0.39, 0.29) is 19.1 Å². The molecule has 0 atom stereocenters. The standard InChI is InChI=1S/C18H19N3O2/c1-2-10-20-18(23)16-7-8-17(21-12-16)19-11-9-14-3-5-15(13-22)6-4-14/h1,3-8,12,22H,9-11,13H2,(H,19,21)(H,20,23). The highest BCUT2D eigenvalue weighted by Crippen LogP contribution is 2.08. The molecule has 1 aromatic carbocycles. The molecular formula is C18H19N3O2. The van der Waals surface area contributed by atoms with E-state index in [1.165, 1.54) is 11.8 Å². The van der Waals surface area contributed by atoms with Crippen molar-refractivity contribution >= 4 is 11.7 Å². The zero-order valence-corrected chi connectivity index (χ0v) is 12.7. The number of terminal acetylenes is 1. The molecule has 0 saturated carbocycles. The van der Waals surface area contributed by atoms with Crippen molar-refractivity contribution in [2.45, 2.75) is 13.0 Å². The first-order chi connectivity index (χ1) is 11.2. The van der Waals surface area contributed by atoms with Gasteiger partial charge in [-0.2, -0.15) is 0 Å². The summed E-state index contributed by atoms with van der Waals surface area (Å²) in [5, 5.41) is 14.8. The van der Waals surface area contributed by atoms with Crippen molar-refractivity contribution in [3.8, 4) is 12.3 Å². The number of rotatable bonds is 7. The second-order valence-corrected chi connectivity index (χ2v) is 4.97. The number of carbonyl (C=O) groups excluding carboxylic acids is 1. The van der Waals surface area contributed by atoms with Crippen molar-refractivity contribution in [1.29, 1.82) is 0 Å². The number of carbonyl (C=O) groups is 1. The summed E-state index contributed by atoms with van der Waals surface area (Å²) in [6.07, 6.45) is 7.46. The fraction of sp³-hybridized carbons (Fsp3) is 0.222. The molecule has 5 nitrogen and oxygen atoms in total. The Bertz CT molecular complexity index is 673. The van der Waals surface area contributed by atoms with Gasteiger partial charge < -0.3 is 15.7 Å². The van der Waals surface area contributed by atoms with E-state index in [1.54, 1.807) is 12.1 Å². The average molecular weight is 309 g/mol. The molecule has 3 N–H and O–H groups in total. The van der Waals surface area contributed by atoms with E-state index in [2.05, 4.69) is 21.5 Å². The summed E-state index contributed by atoms with van der Waals surface area (Å²) < 4.78 is 0. The Balaban J connectivity index is 1.81. The second-order valence-electron chi connectivity index (χ2n) is 4.97. The molecule has 0 spiro atoms. The molecule has 1 amide bonds. The lowest BCUT2D eigenvalue weighted by molar-refractivity contribution is 0.0958. The maximum atomic E-state index is 11.7. The first kappa shape index (κ1) is 16.5. The van der Waals surface area contributed by atoms with Gasteiger partial charge in [0.05, 0.1) is 18.7 Å². The zero-order valence-electron chi connectivity index (χ0n) is 12.7. The van der Waals surface area contributed by atoms with Crippen molar-refractivity contribution in [3.05, 3.63) is 59.3 Å². The summed E-state index contributed by atoms with van der Waals surface area (Å²) in [6, 6.07) is 11.3. The topological polar surface area (TPSA) is 74.2 Å². The van der Waals surface area contributed by atoms with E-state index in [9.17, 15) is 4.79 Å². The van der Waals surface area contributed by atoms with Crippen LogP contribution in [0.2, 0.25) is 0 Å². The van der Waals surface area contributed by atoms with Crippen LogP contribution in [0.15, 0.2) is 42.6 Å². The summed E-state index contributed by atoms with van der Waals surface area (Å²) in [4.78, 5) is 15.9. The highest BCUT2D eigenvalue weighted by atomic mass is 16.3. The van der Waals surface area contributed by atoms with Crippen LogP contribution < -0.4 is 10.6 Å². The lowest BCUT2D eigenvalue weighted by atomic mass is 10.1. The average Bonchev–Trinajstić information content (AvgIpc) is 2.61. The lowest BCUT2D eigenvalue weighted by Gasteiger charge is -2.07. The maximum Gasteiger partial charge on any atom is 0.253 e. The number of amides is 1. The highest BCUT2D eigenvalue weighted by molar-refractivity contribution is 5.94. The minimum absolute atomic E-state index is 0.0592. The molecule has 0 saturated heterocycles. The highest BCUT2D eigenvalue weighted by Gasteiger charge is 2.04. The fourth-order valence-electron chi connectivity index (χ4n) is 2.01. The van der Waals surface area contributed by atoms with Gasteiger partial charge in [0.25, 0.3) is 5.91 Å². The number of nitrogens with zero attached hydrogens (tertiary/aromatic N) is 1. The van der Waals surface area contributed by atoms with Gasteiger partial charge in [0, 0.05) is 12.7 Å². The van der Waals surface area contributed by atoms with Gasteiger partial charge in [0.2, 0.25) is 0 Å². The minimum atomic E-state index is -0.231. The van der Waals surface area contributed by atoms with Gasteiger partial charge in [0.1, 0.15) is 5.82 Å². The lowest BCUT2D eigenvalue weighted by Crippen LogP contribution is -2.23. The number of benzene rings is 1. The predicted octanol–water partition coefficient (Wildman–Crippen LogP) is 1.59. The van der Waals surface area contributed by atoms with Crippen LogP contribution >= 0.6 is 0 Å². The molecule has 0 radical (unpaired) electrons. The van der Waals surface area contributed by atoms with Gasteiger partial charge in [-0.25, -0.2) is 4.98 Å². The number of anilines is 1. The molecule has 0 aliphatic carbocycles. The Morgan fingerprint density at radius 1 is 1.17 bits per heavy atom. The SMILES string of the molecule is C#CCNC(=O)c1ccc(NCCc2ccc(CO)cc2)nc1. The van der Waals surface area contributed by atoms with E-state index in [1.807, 2.05) is 24.3 Å². The molecule has 0 fully saturated rings. The molecular weight excluding hydrogens is 290 g/mol. The van der Waals surface area contributed by atoms with Crippen LogP contribution in [0.1, 0.15) is 21.5 Å². The number of aliphatic hydroxyl groups is 1. The van der Waals surface area contributed by atoms with Crippen LogP contribution in [0.5, 0.6) is 0 Å². The third-order valence-corrected chi connectivity index (χ3v) is 3.30. The van der Waals surface area contributed by atoms with Gasteiger partial charge in [-0.1, -0.05) is 30.2 Å². The van der Waals surface area contributed by atoms with E-state index < -0.39 is 0 Å². The fourth-order valence-corrected chi connectivity index (χ4v) is 2.01. The molecule has 5 heteroatoms. The molecule has 0 bridgehead atoms. The van der Waals surface area contributed by atoms with Crippen LogP contribution in [0.3, 0.4) is 0 Å². The van der Waals surface area contributed by atoms with Crippen molar-refractivity contribution in [2.24, 2.45) is 0 Å². The minimum Gasteiger partial charge on any atom is -0.392 e. The van der Waals surface area contributed by atoms with Gasteiger partial charge in [-0.3, -0.25) is 4.79 Å². The molecule has 118 valence electrons. The number of pyridine rings is 1. The van der Waals surface area contributed by atoms with Gasteiger partial charge in [-0.05, 0) is 29.7 Å². The molecule has 23 heavy (non-hydrogen) atoms. The Labute approximate surface area is 135 Å². The molecule has 0 aliphatic heterocycles. The third-order valence-electron chi connectivity index (χ3n) is 3.30. The number of aromatic nitrogens is 1. The normalized spacial score (nSPS) is 9.91. The number of nitrogens with one attached hydrogen (secondary N) is 2. The van der Waals surface area contributed by atoms with Crippen LogP contribution in [0.25, 0.3) is 0 Å². The van der Waals surface area contributed by atoms with Crippen molar-refractivity contribution in [2.75, 3.05) is 18.4 Å². The Morgan fingerprint density at radius 3 is 2.52 bits per heavy atom.